The molecule has 2 aliphatic rings. The molecule has 2 saturated heterocycles. The predicted octanol–water partition coefficient (Wildman–Crippen LogP) is 0.359. The fraction of sp³-hybridized carbons (Fsp3) is 0.769. The van der Waals surface area contributed by atoms with E-state index in [9.17, 15) is 13.2 Å². The summed E-state index contributed by atoms with van der Waals surface area (Å²) in [7, 11) is -2.99. The van der Waals surface area contributed by atoms with E-state index in [4.69, 9.17) is 9.15 Å². The third-order valence-electron chi connectivity index (χ3n) is 3.88. The molecule has 2 aliphatic heterocycles. The van der Waals surface area contributed by atoms with Crippen molar-refractivity contribution in [1.29, 1.82) is 0 Å². The van der Waals surface area contributed by atoms with Crippen molar-refractivity contribution < 1.29 is 22.4 Å². The lowest BCUT2D eigenvalue weighted by Gasteiger charge is -2.09. The van der Waals surface area contributed by atoms with Gasteiger partial charge in [0, 0.05) is 13.2 Å². The zero-order chi connectivity index (χ0) is 16.3. The zero-order valence-corrected chi connectivity index (χ0v) is 14.2. The van der Waals surface area contributed by atoms with E-state index in [1.54, 1.807) is 0 Å². The minimum Gasteiger partial charge on any atom is -0.416 e. The molecule has 1 aromatic rings. The number of ether oxygens (including phenoxy) is 1. The van der Waals surface area contributed by atoms with Gasteiger partial charge in [0.25, 0.3) is 5.22 Å². The van der Waals surface area contributed by atoms with Crippen LogP contribution in [0.5, 0.6) is 0 Å². The molecule has 0 bridgehead atoms. The second-order valence-electron chi connectivity index (χ2n) is 5.73. The maximum absolute atomic E-state index is 11.8. The molecule has 3 rings (SSSR count). The number of hydrogen-bond donors (Lipinski definition) is 1. The van der Waals surface area contributed by atoms with Crippen LogP contribution in [0, 0.1) is 0 Å². The number of sulfone groups is 1. The van der Waals surface area contributed by atoms with Crippen LogP contribution in [0.1, 0.15) is 31.1 Å². The molecular formula is C13H19N3O5S2. The highest BCUT2D eigenvalue weighted by atomic mass is 32.2. The van der Waals surface area contributed by atoms with E-state index in [-0.39, 0.29) is 40.4 Å². The first-order valence-electron chi connectivity index (χ1n) is 7.57. The molecule has 3 heterocycles. The van der Waals surface area contributed by atoms with Gasteiger partial charge in [0.05, 0.1) is 29.3 Å². The Bertz CT molecular complexity index is 654. The molecule has 0 aromatic carbocycles. The highest BCUT2D eigenvalue weighted by Crippen LogP contribution is 2.29. The summed E-state index contributed by atoms with van der Waals surface area (Å²) in [4.78, 5) is 11.8. The normalized spacial score (nSPS) is 26.4. The maximum atomic E-state index is 11.8. The molecule has 1 N–H and O–H groups in total. The lowest BCUT2D eigenvalue weighted by Crippen LogP contribution is -2.32. The van der Waals surface area contributed by atoms with Crippen molar-refractivity contribution >= 4 is 27.5 Å². The van der Waals surface area contributed by atoms with Crippen LogP contribution in [0.4, 0.5) is 0 Å². The Morgan fingerprint density at radius 2 is 2.22 bits per heavy atom. The number of aromatic nitrogens is 2. The summed E-state index contributed by atoms with van der Waals surface area (Å²) in [6, 6.07) is 0. The van der Waals surface area contributed by atoms with Gasteiger partial charge in [-0.15, -0.1) is 10.2 Å². The number of thioether (sulfide) groups is 1. The molecule has 1 amide bonds. The molecule has 128 valence electrons. The van der Waals surface area contributed by atoms with Crippen LogP contribution in [0.2, 0.25) is 0 Å². The Morgan fingerprint density at radius 1 is 1.35 bits per heavy atom. The molecule has 2 fully saturated rings. The predicted molar refractivity (Wildman–Crippen MR) is 83.0 cm³/mol. The van der Waals surface area contributed by atoms with Crippen molar-refractivity contribution in [3.8, 4) is 0 Å². The molecule has 0 spiro atoms. The Labute approximate surface area is 138 Å². The van der Waals surface area contributed by atoms with Crippen LogP contribution in [0.15, 0.2) is 9.64 Å². The van der Waals surface area contributed by atoms with Crippen molar-refractivity contribution in [2.45, 2.75) is 36.5 Å². The average molecular weight is 361 g/mol. The molecule has 10 heteroatoms. The van der Waals surface area contributed by atoms with Crippen molar-refractivity contribution in [1.82, 2.24) is 15.5 Å². The first-order valence-corrected chi connectivity index (χ1v) is 10.4. The molecular weight excluding hydrogens is 342 g/mol. The van der Waals surface area contributed by atoms with E-state index in [2.05, 4.69) is 15.5 Å². The van der Waals surface area contributed by atoms with Crippen LogP contribution in [-0.4, -0.2) is 61.0 Å². The number of amides is 1. The Balaban J connectivity index is 1.43. The zero-order valence-electron chi connectivity index (χ0n) is 12.6. The van der Waals surface area contributed by atoms with Crippen LogP contribution in [-0.2, 0) is 19.4 Å². The largest absolute Gasteiger partial charge is 0.416 e. The molecule has 0 radical (unpaired) electrons. The summed E-state index contributed by atoms with van der Waals surface area (Å²) < 4.78 is 33.8. The summed E-state index contributed by atoms with van der Waals surface area (Å²) >= 11 is 1.15. The summed E-state index contributed by atoms with van der Waals surface area (Å²) in [5.74, 6) is 0.393. The topological polar surface area (TPSA) is 111 Å². The monoisotopic (exact) mass is 361 g/mol. The van der Waals surface area contributed by atoms with Gasteiger partial charge in [-0.25, -0.2) is 8.42 Å². The first-order chi connectivity index (χ1) is 11.0. The second-order valence-corrected chi connectivity index (χ2v) is 8.89. The van der Waals surface area contributed by atoms with Gasteiger partial charge >= 0.3 is 0 Å². The first kappa shape index (κ1) is 16.7. The van der Waals surface area contributed by atoms with Crippen molar-refractivity contribution in [3.63, 3.8) is 0 Å². The fourth-order valence-electron chi connectivity index (χ4n) is 2.64. The van der Waals surface area contributed by atoms with Crippen molar-refractivity contribution in [2.24, 2.45) is 0 Å². The van der Waals surface area contributed by atoms with E-state index in [0.717, 1.165) is 31.2 Å². The molecule has 1 aromatic heterocycles. The highest BCUT2D eigenvalue weighted by molar-refractivity contribution is 7.99. The van der Waals surface area contributed by atoms with Crippen molar-refractivity contribution in [3.05, 3.63) is 5.89 Å². The third-order valence-corrected chi connectivity index (χ3v) is 6.47. The number of carbonyl (C=O) groups is 1. The molecule has 0 unspecified atom stereocenters. The minimum atomic E-state index is -2.99. The van der Waals surface area contributed by atoms with Gasteiger partial charge in [-0.3, -0.25) is 4.79 Å². The third kappa shape index (κ3) is 4.67. The van der Waals surface area contributed by atoms with Gasteiger partial charge in [-0.1, -0.05) is 11.8 Å². The molecule has 0 saturated carbocycles. The van der Waals surface area contributed by atoms with Crippen molar-refractivity contribution in [2.75, 3.05) is 30.4 Å². The molecule has 8 nitrogen and oxygen atoms in total. The van der Waals surface area contributed by atoms with Crippen LogP contribution >= 0.6 is 11.8 Å². The van der Waals surface area contributed by atoms with Gasteiger partial charge in [0.15, 0.2) is 9.84 Å². The maximum Gasteiger partial charge on any atom is 0.277 e. The fourth-order valence-corrected chi connectivity index (χ4v) is 4.98. The van der Waals surface area contributed by atoms with Crippen LogP contribution in [0.25, 0.3) is 0 Å². The van der Waals surface area contributed by atoms with Gasteiger partial charge < -0.3 is 14.5 Å². The Kier molecular flexibility index (Phi) is 5.22. The van der Waals surface area contributed by atoms with E-state index >= 15 is 0 Å². The van der Waals surface area contributed by atoms with Gasteiger partial charge in [-0.2, -0.15) is 0 Å². The lowest BCUT2D eigenvalue weighted by molar-refractivity contribution is -0.119. The van der Waals surface area contributed by atoms with E-state index in [1.165, 1.54) is 0 Å². The van der Waals surface area contributed by atoms with Crippen LogP contribution < -0.4 is 5.32 Å². The summed E-state index contributed by atoms with van der Waals surface area (Å²) in [5.41, 5.74) is 0. The Morgan fingerprint density at radius 3 is 2.91 bits per heavy atom. The highest BCUT2D eigenvalue weighted by Gasteiger charge is 2.32. The summed E-state index contributed by atoms with van der Waals surface area (Å²) in [6.45, 7) is 1.28. The van der Waals surface area contributed by atoms with E-state index in [0.29, 0.717) is 18.9 Å². The van der Waals surface area contributed by atoms with Gasteiger partial charge in [-0.05, 0) is 19.3 Å². The van der Waals surface area contributed by atoms with Gasteiger partial charge in [0.2, 0.25) is 11.8 Å². The summed E-state index contributed by atoms with van der Waals surface area (Å²) in [5, 5.41) is 10.9. The number of hydrogen-bond acceptors (Lipinski definition) is 8. The number of rotatable bonds is 6. The average Bonchev–Trinajstić information content (AvgIpc) is 3.23. The Hall–Kier alpha value is -1.13. The lowest BCUT2D eigenvalue weighted by atomic mass is 10.1. The number of nitrogens with zero attached hydrogens (tertiary/aromatic N) is 2. The molecule has 2 atom stereocenters. The van der Waals surface area contributed by atoms with Crippen LogP contribution in [0.3, 0.4) is 0 Å². The quantitative estimate of drug-likeness (QED) is 0.723. The standard InChI is InChI=1S/C13H19N3O5S2/c17-11(14-6-10-2-1-4-20-10)7-22-13-16-15-12(21-13)9-3-5-23(18,19)8-9/h9-10H,1-8H2,(H,14,17)/t9-,10-/m1/s1. The second kappa shape index (κ2) is 7.18. The smallest absolute Gasteiger partial charge is 0.277 e. The number of nitrogens with one attached hydrogen (secondary N) is 1. The summed E-state index contributed by atoms with van der Waals surface area (Å²) in [6.07, 6.45) is 2.64. The van der Waals surface area contributed by atoms with E-state index in [1.807, 2.05) is 0 Å². The van der Waals surface area contributed by atoms with Gasteiger partial charge in [0.1, 0.15) is 0 Å². The molecule has 0 aliphatic carbocycles. The minimum absolute atomic E-state index is 0.0567. The molecule has 23 heavy (non-hydrogen) atoms. The number of carbonyl (C=O) groups excluding carboxylic acids is 1. The SMILES string of the molecule is O=C(CSc1nnc([C@@H]2CCS(=O)(=O)C2)o1)NC[C@H]1CCCO1. The van der Waals surface area contributed by atoms with E-state index < -0.39 is 9.84 Å².